The van der Waals surface area contributed by atoms with Crippen molar-refractivity contribution in [1.29, 1.82) is 0 Å². The van der Waals surface area contributed by atoms with Crippen LogP contribution in [0.5, 0.6) is 0 Å². The molecule has 0 amide bonds. The van der Waals surface area contributed by atoms with Crippen molar-refractivity contribution in [3.05, 3.63) is 60.7 Å². The zero-order chi connectivity index (χ0) is 15.3. The van der Waals surface area contributed by atoms with Gasteiger partial charge in [0.1, 0.15) is 0 Å². The van der Waals surface area contributed by atoms with Crippen LogP contribution in [0.2, 0.25) is 0 Å². The van der Waals surface area contributed by atoms with Gasteiger partial charge in [-0.15, -0.1) is 0 Å². The van der Waals surface area contributed by atoms with Gasteiger partial charge in [-0.05, 0) is 0 Å². The first kappa shape index (κ1) is 16.8. The van der Waals surface area contributed by atoms with Crippen LogP contribution < -0.4 is 4.57 Å². The molecule has 1 aromatic carbocycles. The first-order chi connectivity index (χ1) is 8.90. The van der Waals surface area contributed by atoms with E-state index in [1.54, 1.807) is 12.4 Å². The van der Waals surface area contributed by atoms with Gasteiger partial charge in [0.05, 0.1) is 12.4 Å². The summed E-state index contributed by atoms with van der Waals surface area (Å²) in [4.78, 5) is 3.97. The normalized spacial score (nSPS) is 14.5. The summed E-state index contributed by atoms with van der Waals surface area (Å²) in [7, 11) is 0. The van der Waals surface area contributed by atoms with Crippen LogP contribution in [0.25, 0.3) is 0 Å². The number of rotatable bonds is 2. The minimum Gasteiger partial charge on any atom is -0.252 e. The van der Waals surface area contributed by atoms with E-state index >= 15 is 0 Å². The largest absolute Gasteiger partial charge is 0.252 e. The minimum atomic E-state index is -11.2. The zero-order valence-electron chi connectivity index (χ0n) is 10.0. The molecule has 0 unspecified atom stereocenters. The van der Waals surface area contributed by atoms with Crippen molar-refractivity contribution in [3.63, 3.8) is 0 Å². The Balaban J connectivity index is 0.000000246. The summed E-state index contributed by atoms with van der Waals surface area (Å²) in [5.41, 5.74) is 1.30. The number of aromatic nitrogens is 2. The van der Waals surface area contributed by atoms with Crippen LogP contribution in [0, 0.1) is 0 Å². The van der Waals surface area contributed by atoms with E-state index in [0.717, 1.165) is 6.54 Å². The van der Waals surface area contributed by atoms with Crippen molar-refractivity contribution in [1.82, 2.24) is 4.98 Å². The van der Waals surface area contributed by atoms with Crippen molar-refractivity contribution in [2.24, 2.45) is 0 Å². The monoisotopic (exact) mass is 406 g/mol. The molecule has 0 aliphatic rings. The molecule has 1 aromatic heterocycles. The molecule has 2 nitrogen and oxygen atoms in total. The minimum absolute atomic E-state index is 0.906. The van der Waals surface area contributed by atoms with E-state index in [0.29, 0.717) is 0 Å². The van der Waals surface area contributed by atoms with E-state index in [9.17, 15) is 16.9 Å². The molecule has 0 spiro atoms. The molecule has 0 radical (unpaired) electrons. The Hall–Kier alpha value is -1.30. The van der Waals surface area contributed by atoms with Gasteiger partial charge in [0, 0.05) is 5.56 Å². The number of hydrogen-bond acceptors (Lipinski definition) is 1. The van der Waals surface area contributed by atoms with Crippen molar-refractivity contribution in [2.75, 3.05) is 0 Å². The average Bonchev–Trinajstić information content (AvgIpc) is 2.27. The third-order valence-corrected chi connectivity index (χ3v) is 1.90. The molecule has 0 fully saturated rings. The molecule has 0 atom stereocenters. The van der Waals surface area contributed by atoms with Gasteiger partial charge in [0.15, 0.2) is 18.9 Å². The Morgan fingerprint density at radius 1 is 0.850 bits per heavy atom. The standard InChI is InChI=1S/C11H11N2.6FH.Sb/c1-2-4-11(5-3-1)10-13-8-6-12-7-9-13;;;;;;;/h1-9H,10H2;6*1H;/q+1;;;;;;;+5/p-6. The molecule has 20 heavy (non-hydrogen) atoms. The number of hydrogen-bond donors (Lipinski definition) is 0. The van der Waals surface area contributed by atoms with E-state index in [-0.39, 0.29) is 0 Å². The van der Waals surface area contributed by atoms with Crippen molar-refractivity contribution in [3.8, 4) is 0 Å². The van der Waals surface area contributed by atoms with E-state index in [1.807, 2.05) is 18.5 Å². The predicted molar refractivity (Wildman–Crippen MR) is 62.4 cm³/mol. The molecule has 2 aromatic rings. The summed E-state index contributed by atoms with van der Waals surface area (Å²) in [6.45, 7) is 0.906. The Kier molecular flexibility index (Phi) is 4.39. The van der Waals surface area contributed by atoms with Crippen LogP contribution in [0.15, 0.2) is 55.1 Å². The van der Waals surface area contributed by atoms with Crippen molar-refractivity contribution >= 4 is 19.5 Å². The third kappa shape index (κ3) is 11.8. The number of benzene rings is 1. The summed E-state index contributed by atoms with van der Waals surface area (Å²) in [6, 6.07) is 10.4. The molecule has 0 aliphatic heterocycles. The maximum absolute atomic E-state index is 11.2. The van der Waals surface area contributed by atoms with Crippen LogP contribution in [-0.2, 0) is 6.54 Å². The van der Waals surface area contributed by atoms with E-state index in [4.69, 9.17) is 0 Å². The quantitative estimate of drug-likeness (QED) is 0.423. The van der Waals surface area contributed by atoms with Gasteiger partial charge in [0.2, 0.25) is 0 Å². The summed E-state index contributed by atoms with van der Waals surface area (Å²) in [5, 5.41) is 0. The van der Waals surface area contributed by atoms with Crippen molar-refractivity contribution in [2.45, 2.75) is 6.54 Å². The summed E-state index contributed by atoms with van der Waals surface area (Å²) >= 11 is -11.2. The van der Waals surface area contributed by atoms with E-state index < -0.39 is 19.5 Å². The molecular formula is C11H11F6N2Sb. The molecule has 2 rings (SSSR count). The Morgan fingerprint density at radius 3 is 1.75 bits per heavy atom. The maximum Gasteiger partial charge on any atom is 0.187 e. The predicted octanol–water partition coefficient (Wildman–Crippen LogP) is 3.56. The molecule has 0 aliphatic carbocycles. The fraction of sp³-hybridized carbons (Fsp3) is 0.0909. The van der Waals surface area contributed by atoms with Gasteiger partial charge in [-0.25, -0.2) is 0 Å². The molecular weight excluding hydrogens is 396 g/mol. The fourth-order valence-corrected chi connectivity index (χ4v) is 1.25. The molecule has 0 bridgehead atoms. The van der Waals surface area contributed by atoms with E-state index in [2.05, 4.69) is 33.8 Å². The summed E-state index contributed by atoms with van der Waals surface area (Å²) in [6.07, 6.45) is 7.52. The Bertz CT molecular complexity index is 492. The SMILES string of the molecule is [F][Sb-]([F])([F])([F])([F])[F].c1ccc(C[n+]2ccncc2)cc1. The number of halogens is 6. The van der Waals surface area contributed by atoms with Crippen LogP contribution in [0.4, 0.5) is 16.9 Å². The van der Waals surface area contributed by atoms with Gasteiger partial charge < -0.3 is 0 Å². The molecule has 0 saturated carbocycles. The van der Waals surface area contributed by atoms with Gasteiger partial charge in [0.25, 0.3) is 0 Å². The Morgan fingerprint density at radius 2 is 1.30 bits per heavy atom. The maximum atomic E-state index is 9.93. The first-order valence-corrected chi connectivity index (χ1v) is 11.1. The average molecular weight is 407 g/mol. The fourth-order valence-electron chi connectivity index (χ4n) is 1.25. The van der Waals surface area contributed by atoms with Gasteiger partial charge in [-0.1, -0.05) is 30.3 Å². The topological polar surface area (TPSA) is 16.8 Å². The van der Waals surface area contributed by atoms with Gasteiger partial charge in [-0.2, -0.15) is 4.57 Å². The van der Waals surface area contributed by atoms with Gasteiger partial charge >= 0.3 is 36.4 Å². The molecule has 0 N–H and O–H groups in total. The molecule has 1 heterocycles. The van der Waals surface area contributed by atoms with Gasteiger partial charge in [-0.3, -0.25) is 4.98 Å². The van der Waals surface area contributed by atoms with Crippen molar-refractivity contribution < 1.29 is 21.4 Å². The second-order valence-corrected chi connectivity index (χ2v) is 9.33. The van der Waals surface area contributed by atoms with E-state index in [1.165, 1.54) is 5.56 Å². The molecule has 9 heteroatoms. The summed E-state index contributed by atoms with van der Waals surface area (Å²) in [5.74, 6) is 0. The first-order valence-electron chi connectivity index (χ1n) is 5.29. The molecule has 112 valence electrons. The summed E-state index contributed by atoms with van der Waals surface area (Å²) < 4.78 is 61.6. The molecule has 0 saturated heterocycles. The van der Waals surface area contributed by atoms with Crippen LogP contribution >= 0.6 is 0 Å². The second kappa shape index (κ2) is 5.24. The number of nitrogens with zero attached hydrogens (tertiary/aromatic N) is 2. The van der Waals surface area contributed by atoms with Crippen LogP contribution in [0.3, 0.4) is 0 Å². The third-order valence-electron chi connectivity index (χ3n) is 1.90. The van der Waals surface area contributed by atoms with Crippen LogP contribution in [-0.4, -0.2) is 24.5 Å². The zero-order valence-corrected chi connectivity index (χ0v) is 12.6. The smallest absolute Gasteiger partial charge is 0.187 e. The van der Waals surface area contributed by atoms with Crippen LogP contribution in [0.1, 0.15) is 5.56 Å². The Labute approximate surface area is 113 Å². The second-order valence-electron chi connectivity index (χ2n) is 3.86.